The summed E-state index contributed by atoms with van der Waals surface area (Å²) in [6.07, 6.45) is 4.97. The maximum absolute atomic E-state index is 10.5. The second kappa shape index (κ2) is 3.85. The molecule has 3 heteroatoms. The molecule has 0 aliphatic heterocycles. The van der Waals surface area contributed by atoms with E-state index in [9.17, 15) is 4.79 Å². The molecular formula is C10H12NO2+. The fourth-order valence-corrected chi connectivity index (χ4v) is 1.22. The van der Waals surface area contributed by atoms with Crippen molar-refractivity contribution in [1.29, 1.82) is 0 Å². The van der Waals surface area contributed by atoms with Crippen LogP contribution in [0, 0.1) is 13.8 Å². The zero-order valence-corrected chi connectivity index (χ0v) is 7.69. The highest BCUT2D eigenvalue weighted by Crippen LogP contribution is 1.99. The minimum Gasteiger partial charge on any atom is -0.509 e. The monoisotopic (exact) mass is 178 g/mol. The van der Waals surface area contributed by atoms with Gasteiger partial charge in [-0.3, -0.25) is 4.79 Å². The predicted octanol–water partition coefficient (Wildman–Crippen LogP) is 1.15. The van der Waals surface area contributed by atoms with E-state index in [-0.39, 0.29) is 5.70 Å². The summed E-state index contributed by atoms with van der Waals surface area (Å²) in [7, 11) is 0. The van der Waals surface area contributed by atoms with Gasteiger partial charge in [0, 0.05) is 11.1 Å². The van der Waals surface area contributed by atoms with Crippen molar-refractivity contribution in [1.82, 2.24) is 0 Å². The quantitative estimate of drug-likeness (QED) is 0.319. The molecule has 0 fully saturated rings. The second-order valence-electron chi connectivity index (χ2n) is 2.97. The number of rotatable bonds is 2. The third-order valence-electron chi connectivity index (χ3n) is 1.69. The molecule has 13 heavy (non-hydrogen) atoms. The Morgan fingerprint density at radius 1 is 1.38 bits per heavy atom. The predicted molar refractivity (Wildman–Crippen MR) is 49.1 cm³/mol. The molecule has 0 saturated heterocycles. The van der Waals surface area contributed by atoms with Gasteiger partial charge in [0.25, 0.3) is 5.70 Å². The molecule has 1 rings (SSSR count). The molecule has 0 aromatic carbocycles. The van der Waals surface area contributed by atoms with Crippen LogP contribution >= 0.6 is 0 Å². The average molecular weight is 178 g/mol. The maximum Gasteiger partial charge on any atom is 0.285 e. The van der Waals surface area contributed by atoms with Crippen molar-refractivity contribution < 1.29 is 14.5 Å². The maximum atomic E-state index is 10.5. The molecule has 0 saturated carbocycles. The Morgan fingerprint density at radius 2 is 1.92 bits per heavy atom. The Kier molecular flexibility index (Phi) is 2.80. The third-order valence-corrected chi connectivity index (χ3v) is 1.69. The number of aryl methyl sites for hydroxylation is 2. The number of hydrogen-bond donors (Lipinski definition) is 1. The minimum absolute atomic E-state index is 0.229. The topological polar surface area (TPSA) is 41.2 Å². The van der Waals surface area contributed by atoms with Crippen molar-refractivity contribution >= 4 is 12.0 Å². The van der Waals surface area contributed by atoms with Gasteiger partial charge in [0.15, 0.2) is 18.7 Å². The summed E-state index contributed by atoms with van der Waals surface area (Å²) in [4.78, 5) is 10.5. The first-order chi connectivity index (χ1) is 6.17. The number of carbonyl (C=O) groups excluding carboxylic acids is 1. The van der Waals surface area contributed by atoms with E-state index in [2.05, 4.69) is 0 Å². The normalized spacial score (nSPS) is 11.4. The lowest BCUT2D eigenvalue weighted by Gasteiger charge is -1.96. The largest absolute Gasteiger partial charge is 0.509 e. The molecular weight excluding hydrogens is 166 g/mol. The van der Waals surface area contributed by atoms with E-state index in [1.165, 1.54) is 0 Å². The standard InChI is InChI=1S/C10H11NO2/c1-8-3-9(2)5-11(4-8)10(6-12)7-13/h3-7H,1-2H3/p+1. The molecule has 0 aliphatic carbocycles. The van der Waals surface area contributed by atoms with Crippen LogP contribution in [0.1, 0.15) is 11.1 Å². The van der Waals surface area contributed by atoms with E-state index in [4.69, 9.17) is 5.11 Å². The molecule has 0 atom stereocenters. The van der Waals surface area contributed by atoms with E-state index >= 15 is 0 Å². The highest BCUT2D eigenvalue weighted by Gasteiger charge is 2.09. The summed E-state index contributed by atoms with van der Waals surface area (Å²) in [6.45, 7) is 3.87. The Bertz CT molecular complexity index is 336. The number of aldehydes is 1. The van der Waals surface area contributed by atoms with Gasteiger partial charge in [0.1, 0.15) is 0 Å². The number of carbonyl (C=O) groups is 1. The number of hydrogen-bond acceptors (Lipinski definition) is 2. The van der Waals surface area contributed by atoms with Gasteiger partial charge in [-0.15, -0.1) is 0 Å². The average Bonchev–Trinajstić information content (AvgIpc) is 2.04. The van der Waals surface area contributed by atoms with Crippen molar-refractivity contribution in [2.24, 2.45) is 0 Å². The van der Waals surface area contributed by atoms with Crippen LogP contribution in [0.4, 0.5) is 0 Å². The summed E-state index contributed by atoms with van der Waals surface area (Å²) in [5.74, 6) is 0. The summed E-state index contributed by atoms with van der Waals surface area (Å²) >= 11 is 0. The molecule has 0 bridgehead atoms. The Labute approximate surface area is 77.0 Å². The molecule has 68 valence electrons. The summed E-state index contributed by atoms with van der Waals surface area (Å²) in [6, 6.07) is 2.00. The number of allylic oxidation sites excluding steroid dienone is 1. The van der Waals surface area contributed by atoms with E-state index in [1.54, 1.807) is 17.0 Å². The fourth-order valence-electron chi connectivity index (χ4n) is 1.22. The number of pyridine rings is 1. The SMILES string of the molecule is Cc1cc(C)c[n+](/C(C=O)=C/O)c1. The molecule has 0 spiro atoms. The van der Waals surface area contributed by atoms with Crippen molar-refractivity contribution in [3.63, 3.8) is 0 Å². The lowest BCUT2D eigenvalue weighted by atomic mass is 10.2. The van der Waals surface area contributed by atoms with Gasteiger partial charge < -0.3 is 5.11 Å². The Morgan fingerprint density at radius 3 is 2.31 bits per heavy atom. The molecule has 0 radical (unpaired) electrons. The molecule has 1 aromatic rings. The van der Waals surface area contributed by atoms with Crippen LogP contribution in [0.25, 0.3) is 5.70 Å². The minimum atomic E-state index is 0.229. The highest BCUT2D eigenvalue weighted by atomic mass is 16.2. The first-order valence-corrected chi connectivity index (χ1v) is 3.97. The van der Waals surface area contributed by atoms with E-state index < -0.39 is 0 Å². The van der Waals surface area contributed by atoms with Gasteiger partial charge in [-0.1, -0.05) is 0 Å². The number of aliphatic hydroxyl groups is 1. The zero-order chi connectivity index (χ0) is 9.84. The van der Waals surface area contributed by atoms with E-state index in [0.717, 1.165) is 17.4 Å². The van der Waals surface area contributed by atoms with Crippen molar-refractivity contribution in [3.05, 3.63) is 35.8 Å². The first-order valence-electron chi connectivity index (χ1n) is 3.97. The number of nitrogens with zero attached hydrogens (tertiary/aromatic N) is 1. The summed E-state index contributed by atoms with van der Waals surface area (Å²) in [5, 5.41) is 8.75. The number of aromatic nitrogens is 1. The van der Waals surface area contributed by atoms with Gasteiger partial charge in [-0.05, 0) is 19.9 Å². The van der Waals surface area contributed by atoms with Gasteiger partial charge in [0.2, 0.25) is 6.29 Å². The van der Waals surface area contributed by atoms with Crippen molar-refractivity contribution in [2.75, 3.05) is 0 Å². The first kappa shape index (κ1) is 9.45. The van der Waals surface area contributed by atoms with E-state index in [0.29, 0.717) is 6.29 Å². The van der Waals surface area contributed by atoms with Crippen molar-refractivity contribution in [2.45, 2.75) is 13.8 Å². The number of aliphatic hydroxyl groups excluding tert-OH is 1. The molecule has 1 N–H and O–H groups in total. The van der Waals surface area contributed by atoms with Gasteiger partial charge in [-0.2, -0.15) is 4.57 Å². The molecule has 3 nitrogen and oxygen atoms in total. The van der Waals surface area contributed by atoms with Gasteiger partial charge in [-0.25, -0.2) is 0 Å². The molecule has 1 aromatic heterocycles. The van der Waals surface area contributed by atoms with Crippen LogP contribution in [-0.2, 0) is 4.79 Å². The lowest BCUT2D eigenvalue weighted by molar-refractivity contribution is -0.578. The van der Waals surface area contributed by atoms with Gasteiger partial charge >= 0.3 is 0 Å². The van der Waals surface area contributed by atoms with Gasteiger partial charge in [0.05, 0.1) is 0 Å². The van der Waals surface area contributed by atoms with Crippen LogP contribution in [0.3, 0.4) is 0 Å². The Balaban J connectivity index is 3.21. The third kappa shape index (κ3) is 2.15. The lowest BCUT2D eigenvalue weighted by Crippen LogP contribution is -2.33. The summed E-state index contributed by atoms with van der Waals surface area (Å²) in [5.41, 5.74) is 2.31. The second-order valence-corrected chi connectivity index (χ2v) is 2.97. The van der Waals surface area contributed by atoms with Crippen LogP contribution in [0.2, 0.25) is 0 Å². The highest BCUT2D eigenvalue weighted by molar-refractivity contribution is 5.92. The fraction of sp³-hybridized carbons (Fsp3) is 0.200. The van der Waals surface area contributed by atoms with E-state index in [1.807, 2.05) is 19.9 Å². The van der Waals surface area contributed by atoms with Crippen LogP contribution in [-0.4, -0.2) is 11.4 Å². The van der Waals surface area contributed by atoms with Crippen LogP contribution < -0.4 is 4.57 Å². The molecule has 0 unspecified atom stereocenters. The van der Waals surface area contributed by atoms with Crippen LogP contribution in [0.15, 0.2) is 24.7 Å². The summed E-state index contributed by atoms with van der Waals surface area (Å²) < 4.78 is 1.59. The zero-order valence-electron chi connectivity index (χ0n) is 7.69. The van der Waals surface area contributed by atoms with Crippen molar-refractivity contribution in [3.8, 4) is 0 Å². The molecule has 1 heterocycles. The molecule has 0 aliphatic rings. The smallest absolute Gasteiger partial charge is 0.285 e. The van der Waals surface area contributed by atoms with Crippen LogP contribution in [0.5, 0.6) is 0 Å². The Hall–Kier alpha value is -1.64. The molecule has 0 amide bonds.